The summed E-state index contributed by atoms with van der Waals surface area (Å²) in [4.78, 5) is 10.4. The van der Waals surface area contributed by atoms with Gasteiger partial charge in [0.05, 0.1) is 4.90 Å². The van der Waals surface area contributed by atoms with Crippen LogP contribution in [-0.2, 0) is 19.1 Å². The van der Waals surface area contributed by atoms with Crippen LogP contribution >= 0.6 is 11.6 Å². The molecule has 5 nitrogen and oxygen atoms in total. The highest BCUT2D eigenvalue weighted by atomic mass is 35.5. The Bertz CT molecular complexity index is 538. The minimum atomic E-state index is -4.08. The molecule has 0 saturated carbocycles. The van der Waals surface area contributed by atoms with E-state index in [1.54, 1.807) is 6.92 Å². The first kappa shape index (κ1) is 14.0. The van der Waals surface area contributed by atoms with E-state index in [1.807, 2.05) is 0 Å². The molecule has 0 aromatic heterocycles. The van der Waals surface area contributed by atoms with Crippen molar-refractivity contribution < 1.29 is 22.5 Å². The summed E-state index contributed by atoms with van der Waals surface area (Å²) >= 11 is 5.76. The lowest BCUT2D eigenvalue weighted by Gasteiger charge is -2.09. The van der Waals surface area contributed by atoms with E-state index < -0.39 is 22.2 Å². The fraction of sp³-hybridized carbons (Fsp3) is 0.300. The van der Waals surface area contributed by atoms with Crippen LogP contribution in [0.15, 0.2) is 23.1 Å². The molecule has 0 heterocycles. The summed E-state index contributed by atoms with van der Waals surface area (Å²) in [7, 11) is -4.08. The maximum absolute atomic E-state index is 11.7. The summed E-state index contributed by atoms with van der Waals surface area (Å²) in [6.07, 6.45) is -1.43. The van der Waals surface area contributed by atoms with Crippen LogP contribution in [0.3, 0.4) is 0 Å². The molecule has 0 aliphatic rings. The monoisotopic (exact) mass is 278 g/mol. The van der Waals surface area contributed by atoms with Gasteiger partial charge in [-0.1, -0.05) is 11.6 Å². The Morgan fingerprint density at radius 2 is 2.06 bits per heavy atom. The third-order valence-corrected chi connectivity index (χ3v) is 3.83. The zero-order valence-electron chi connectivity index (χ0n) is 9.18. The van der Waals surface area contributed by atoms with Crippen LogP contribution in [0.4, 0.5) is 0 Å². The number of carboxylic acid groups (broad SMARTS) is 1. The molecule has 1 unspecified atom stereocenters. The SMILES string of the molecule is Cc1cc(S(=O)(=O)OC(C)C(=O)O)ccc1Cl. The van der Waals surface area contributed by atoms with Crippen LogP contribution in [0.2, 0.25) is 5.02 Å². The van der Waals surface area contributed by atoms with Crippen molar-refractivity contribution >= 4 is 27.7 Å². The van der Waals surface area contributed by atoms with Crippen molar-refractivity contribution in [3.8, 4) is 0 Å². The molecule has 94 valence electrons. The second-order valence-corrected chi connectivity index (χ2v) is 5.42. The summed E-state index contributed by atoms with van der Waals surface area (Å²) in [5, 5.41) is 9.01. The largest absolute Gasteiger partial charge is 0.479 e. The number of hydrogen-bond donors (Lipinski definition) is 1. The molecule has 1 rings (SSSR count). The van der Waals surface area contributed by atoms with Crippen LogP contribution in [-0.4, -0.2) is 25.6 Å². The molecule has 0 bridgehead atoms. The molecule has 0 aliphatic heterocycles. The molecule has 1 N–H and O–H groups in total. The Hall–Kier alpha value is -1.11. The molecule has 7 heteroatoms. The lowest BCUT2D eigenvalue weighted by Crippen LogP contribution is -2.23. The van der Waals surface area contributed by atoms with Gasteiger partial charge >= 0.3 is 5.97 Å². The van der Waals surface area contributed by atoms with Crippen molar-refractivity contribution in [3.05, 3.63) is 28.8 Å². The molecule has 0 spiro atoms. The molecular weight excluding hydrogens is 268 g/mol. The fourth-order valence-electron chi connectivity index (χ4n) is 1.06. The van der Waals surface area contributed by atoms with Gasteiger partial charge in [0.15, 0.2) is 6.10 Å². The normalized spacial score (nSPS) is 13.4. The fourth-order valence-corrected chi connectivity index (χ4v) is 2.31. The van der Waals surface area contributed by atoms with Crippen LogP contribution < -0.4 is 0 Å². The minimum Gasteiger partial charge on any atom is -0.479 e. The van der Waals surface area contributed by atoms with Crippen LogP contribution in [0.1, 0.15) is 12.5 Å². The van der Waals surface area contributed by atoms with E-state index in [-0.39, 0.29) is 4.90 Å². The highest BCUT2D eigenvalue weighted by molar-refractivity contribution is 7.86. The smallest absolute Gasteiger partial charge is 0.334 e. The Morgan fingerprint density at radius 3 is 2.53 bits per heavy atom. The van der Waals surface area contributed by atoms with Gasteiger partial charge in [0.2, 0.25) is 0 Å². The Morgan fingerprint density at radius 1 is 1.47 bits per heavy atom. The molecule has 0 fully saturated rings. The lowest BCUT2D eigenvalue weighted by molar-refractivity contribution is -0.144. The predicted molar refractivity (Wildman–Crippen MR) is 61.6 cm³/mol. The van der Waals surface area contributed by atoms with Gasteiger partial charge in [0, 0.05) is 5.02 Å². The number of benzene rings is 1. The molecule has 0 aliphatic carbocycles. The molecule has 1 atom stereocenters. The summed E-state index contributed by atoms with van der Waals surface area (Å²) in [6, 6.07) is 4.00. The zero-order valence-corrected chi connectivity index (χ0v) is 10.7. The van der Waals surface area contributed by atoms with E-state index in [9.17, 15) is 13.2 Å². The van der Waals surface area contributed by atoms with E-state index in [0.29, 0.717) is 10.6 Å². The van der Waals surface area contributed by atoms with E-state index in [0.717, 1.165) is 6.92 Å². The van der Waals surface area contributed by atoms with Crippen molar-refractivity contribution in [3.63, 3.8) is 0 Å². The van der Waals surface area contributed by atoms with Gasteiger partial charge in [-0.05, 0) is 37.6 Å². The van der Waals surface area contributed by atoms with Gasteiger partial charge < -0.3 is 5.11 Å². The number of halogens is 1. The first-order chi connectivity index (χ1) is 7.74. The Labute approximate surface area is 104 Å². The predicted octanol–water partition coefficient (Wildman–Crippen LogP) is 1.83. The number of hydrogen-bond acceptors (Lipinski definition) is 4. The van der Waals surface area contributed by atoms with E-state index in [4.69, 9.17) is 16.7 Å². The van der Waals surface area contributed by atoms with Crippen LogP contribution in [0.25, 0.3) is 0 Å². The van der Waals surface area contributed by atoms with Crippen LogP contribution in [0, 0.1) is 6.92 Å². The Balaban J connectivity index is 3.05. The van der Waals surface area contributed by atoms with Crippen molar-refractivity contribution in [1.29, 1.82) is 0 Å². The Kier molecular flexibility index (Phi) is 4.13. The third-order valence-electron chi connectivity index (χ3n) is 2.04. The number of carbonyl (C=O) groups is 1. The van der Waals surface area contributed by atoms with Crippen molar-refractivity contribution in [2.75, 3.05) is 0 Å². The summed E-state index contributed by atoms with van der Waals surface area (Å²) in [5.74, 6) is -1.35. The zero-order chi connectivity index (χ0) is 13.2. The van der Waals surface area contributed by atoms with E-state index in [1.165, 1.54) is 18.2 Å². The van der Waals surface area contributed by atoms with Gasteiger partial charge in [-0.15, -0.1) is 0 Å². The molecule has 0 saturated heterocycles. The highest BCUT2D eigenvalue weighted by Gasteiger charge is 2.23. The van der Waals surface area contributed by atoms with Gasteiger partial charge in [-0.25, -0.2) is 4.79 Å². The van der Waals surface area contributed by atoms with Gasteiger partial charge in [-0.2, -0.15) is 8.42 Å². The second-order valence-electron chi connectivity index (χ2n) is 3.44. The number of carboxylic acids is 1. The van der Waals surface area contributed by atoms with Gasteiger partial charge in [0.25, 0.3) is 10.1 Å². The maximum atomic E-state index is 11.7. The molecule has 0 amide bonds. The molecule has 1 aromatic carbocycles. The first-order valence-electron chi connectivity index (χ1n) is 4.66. The number of aryl methyl sites for hydroxylation is 1. The highest BCUT2D eigenvalue weighted by Crippen LogP contribution is 2.21. The molecule has 0 radical (unpaired) electrons. The van der Waals surface area contributed by atoms with Crippen molar-refractivity contribution in [2.45, 2.75) is 24.8 Å². The quantitative estimate of drug-likeness (QED) is 0.850. The van der Waals surface area contributed by atoms with Gasteiger partial charge in [0.1, 0.15) is 0 Å². The third kappa shape index (κ3) is 3.42. The first-order valence-corrected chi connectivity index (χ1v) is 6.45. The number of aliphatic carboxylic acids is 1. The summed E-state index contributed by atoms with van der Waals surface area (Å²) < 4.78 is 27.9. The van der Waals surface area contributed by atoms with Crippen molar-refractivity contribution in [1.82, 2.24) is 0 Å². The maximum Gasteiger partial charge on any atom is 0.334 e. The summed E-state index contributed by atoms with van der Waals surface area (Å²) in [6.45, 7) is 2.78. The molecular formula is C10H11ClO5S. The van der Waals surface area contributed by atoms with E-state index in [2.05, 4.69) is 4.18 Å². The number of rotatable bonds is 4. The lowest BCUT2D eigenvalue weighted by atomic mass is 10.2. The molecule has 1 aromatic rings. The summed E-state index contributed by atoms with van der Waals surface area (Å²) in [5.41, 5.74) is 0.569. The molecule has 17 heavy (non-hydrogen) atoms. The average Bonchev–Trinajstić information content (AvgIpc) is 2.21. The van der Waals surface area contributed by atoms with Crippen molar-refractivity contribution in [2.24, 2.45) is 0 Å². The topological polar surface area (TPSA) is 80.7 Å². The second kappa shape index (κ2) is 5.03. The van der Waals surface area contributed by atoms with Crippen LogP contribution in [0.5, 0.6) is 0 Å². The average molecular weight is 279 g/mol. The van der Waals surface area contributed by atoms with E-state index >= 15 is 0 Å². The minimum absolute atomic E-state index is 0.118. The standard InChI is InChI=1S/C10H11ClO5S/c1-6-5-8(3-4-9(6)11)17(14,15)16-7(2)10(12)13/h3-5,7H,1-2H3,(H,12,13). The van der Waals surface area contributed by atoms with Gasteiger partial charge in [-0.3, -0.25) is 4.18 Å².